The second-order valence-electron chi connectivity index (χ2n) is 12.7. The van der Waals surface area contributed by atoms with E-state index in [0.29, 0.717) is 32.6 Å². The van der Waals surface area contributed by atoms with Crippen molar-refractivity contribution in [1.82, 2.24) is 14.7 Å². The molecule has 1 saturated carbocycles. The van der Waals surface area contributed by atoms with Crippen molar-refractivity contribution in [3.05, 3.63) is 0 Å². The van der Waals surface area contributed by atoms with Gasteiger partial charge in [0.1, 0.15) is 17.2 Å². The SMILES string of the molecule is CC(C)(C)OC(=O)N1CC2(CCN(C(=O)[C@H]3[C@@H]4CC[C@@H](C[C@H]4O)N3C(=O)OC(C)(C)C)CC2)C1. The van der Waals surface area contributed by atoms with E-state index in [2.05, 4.69) is 0 Å². The van der Waals surface area contributed by atoms with Gasteiger partial charge in [-0.1, -0.05) is 0 Å². The minimum atomic E-state index is -0.675. The van der Waals surface area contributed by atoms with Crippen LogP contribution in [0.4, 0.5) is 9.59 Å². The number of fused-ring (bicyclic) bond motifs is 3. The van der Waals surface area contributed by atoms with E-state index in [-0.39, 0.29) is 29.4 Å². The second-order valence-corrected chi connectivity index (χ2v) is 12.7. The van der Waals surface area contributed by atoms with E-state index in [1.54, 1.807) is 9.80 Å². The quantitative estimate of drug-likeness (QED) is 0.621. The predicted octanol–water partition coefficient (Wildman–Crippen LogP) is 2.99. The molecule has 0 aromatic heterocycles. The van der Waals surface area contributed by atoms with E-state index >= 15 is 0 Å². The lowest BCUT2D eigenvalue weighted by atomic mass is 9.70. The fourth-order valence-electron chi connectivity index (χ4n) is 6.01. The van der Waals surface area contributed by atoms with Gasteiger partial charge in [0.05, 0.1) is 6.10 Å². The van der Waals surface area contributed by atoms with Crippen LogP contribution in [0.3, 0.4) is 0 Å². The third-order valence-electron chi connectivity index (χ3n) is 7.64. The third kappa shape index (κ3) is 4.99. The van der Waals surface area contributed by atoms with Gasteiger partial charge in [-0.2, -0.15) is 0 Å². The van der Waals surface area contributed by atoms with Gasteiger partial charge in [-0.15, -0.1) is 0 Å². The Morgan fingerprint density at radius 2 is 1.41 bits per heavy atom. The molecule has 0 aromatic rings. The van der Waals surface area contributed by atoms with Crippen LogP contribution in [0.2, 0.25) is 0 Å². The number of likely N-dealkylation sites (tertiary alicyclic amines) is 2. The number of aliphatic hydroxyl groups excluding tert-OH is 1. The first kappa shape index (κ1) is 25.1. The molecule has 4 aliphatic heterocycles. The fraction of sp³-hybridized carbons (Fsp3) is 0.880. The van der Waals surface area contributed by atoms with Gasteiger partial charge < -0.3 is 24.4 Å². The summed E-state index contributed by atoms with van der Waals surface area (Å²) in [6.07, 6.45) is 2.33. The Balaban J connectivity index is 1.39. The smallest absolute Gasteiger partial charge is 0.411 e. The van der Waals surface area contributed by atoms with E-state index in [9.17, 15) is 19.5 Å². The monoisotopic (exact) mass is 479 g/mol. The van der Waals surface area contributed by atoms with Crippen molar-refractivity contribution in [1.29, 1.82) is 0 Å². The van der Waals surface area contributed by atoms with Gasteiger partial charge >= 0.3 is 12.2 Å². The maximum Gasteiger partial charge on any atom is 0.411 e. The minimum absolute atomic E-state index is 0.0314. The maximum absolute atomic E-state index is 13.7. The van der Waals surface area contributed by atoms with Gasteiger partial charge in [0.15, 0.2) is 0 Å². The lowest BCUT2D eigenvalue weighted by molar-refractivity contribution is -0.157. The lowest BCUT2D eigenvalue weighted by Crippen LogP contribution is -2.68. The Hall–Kier alpha value is -2.03. The molecule has 9 nitrogen and oxygen atoms in total. The number of ether oxygens (including phenoxy) is 2. The van der Waals surface area contributed by atoms with Gasteiger partial charge in [0.2, 0.25) is 5.91 Å². The summed E-state index contributed by atoms with van der Waals surface area (Å²) in [5, 5.41) is 10.6. The van der Waals surface area contributed by atoms with Gasteiger partial charge in [-0.3, -0.25) is 9.69 Å². The van der Waals surface area contributed by atoms with E-state index in [1.165, 1.54) is 0 Å². The number of hydrogen-bond acceptors (Lipinski definition) is 6. The molecule has 192 valence electrons. The lowest BCUT2D eigenvalue weighted by Gasteiger charge is -2.56. The van der Waals surface area contributed by atoms with Crippen molar-refractivity contribution >= 4 is 18.1 Å². The highest BCUT2D eigenvalue weighted by atomic mass is 16.6. The van der Waals surface area contributed by atoms with Crippen LogP contribution < -0.4 is 0 Å². The molecule has 5 aliphatic rings. The molecular weight excluding hydrogens is 438 g/mol. The number of hydrogen-bond donors (Lipinski definition) is 1. The van der Waals surface area contributed by atoms with Crippen molar-refractivity contribution < 1.29 is 29.0 Å². The summed E-state index contributed by atoms with van der Waals surface area (Å²) in [7, 11) is 0. The molecule has 2 bridgehead atoms. The Morgan fingerprint density at radius 1 is 0.853 bits per heavy atom. The van der Waals surface area contributed by atoms with Crippen LogP contribution in [0, 0.1) is 11.3 Å². The average Bonchev–Trinajstić information content (AvgIpc) is 2.68. The first-order valence-electron chi connectivity index (χ1n) is 12.6. The molecule has 5 rings (SSSR count). The zero-order valence-electron chi connectivity index (χ0n) is 21.5. The van der Waals surface area contributed by atoms with E-state index in [0.717, 1.165) is 25.7 Å². The summed E-state index contributed by atoms with van der Waals surface area (Å²) in [4.78, 5) is 44.3. The highest BCUT2D eigenvalue weighted by molar-refractivity contribution is 5.87. The third-order valence-corrected chi connectivity index (χ3v) is 7.64. The molecule has 0 aromatic carbocycles. The standard InChI is InChI=1S/C25H41N3O6/c1-23(2,3)33-21(31)27-14-25(15-27)9-11-26(12-10-25)20(30)19-17-8-7-16(13-18(17)29)28(19)22(32)34-24(4,5)6/h16-19,29H,7-15H2,1-6H3/t16-,17+,18+,19+/m0/s1. The molecule has 0 radical (unpaired) electrons. The molecule has 9 heteroatoms. The topological polar surface area (TPSA) is 99.6 Å². The van der Waals surface area contributed by atoms with Crippen LogP contribution >= 0.6 is 0 Å². The Morgan fingerprint density at radius 3 is 1.94 bits per heavy atom. The molecule has 4 saturated heterocycles. The van der Waals surface area contributed by atoms with Crippen LogP contribution in [0.25, 0.3) is 0 Å². The Bertz CT molecular complexity index is 815. The van der Waals surface area contributed by atoms with Gasteiger partial charge in [-0.25, -0.2) is 9.59 Å². The molecule has 3 amide bonds. The van der Waals surface area contributed by atoms with Crippen LogP contribution in [0.15, 0.2) is 0 Å². The predicted molar refractivity (Wildman–Crippen MR) is 125 cm³/mol. The zero-order valence-corrected chi connectivity index (χ0v) is 21.5. The zero-order chi connectivity index (χ0) is 25.1. The van der Waals surface area contributed by atoms with Crippen LogP contribution in [0.5, 0.6) is 0 Å². The number of rotatable bonds is 1. The highest BCUT2D eigenvalue weighted by Crippen LogP contribution is 2.44. The highest BCUT2D eigenvalue weighted by Gasteiger charge is 2.55. The molecule has 34 heavy (non-hydrogen) atoms. The van der Waals surface area contributed by atoms with Crippen LogP contribution in [-0.2, 0) is 14.3 Å². The molecule has 1 N–H and O–H groups in total. The number of amides is 3. The summed E-state index contributed by atoms with van der Waals surface area (Å²) in [6.45, 7) is 13.5. The number of aliphatic hydroxyl groups is 1. The molecule has 4 atom stereocenters. The number of piperidine rings is 3. The summed E-state index contributed by atoms with van der Waals surface area (Å²) < 4.78 is 11.1. The minimum Gasteiger partial charge on any atom is -0.444 e. The van der Waals surface area contributed by atoms with E-state index < -0.39 is 29.4 Å². The molecule has 0 unspecified atom stereocenters. The summed E-state index contributed by atoms with van der Waals surface area (Å²) in [6, 6.07) is -0.847. The largest absolute Gasteiger partial charge is 0.444 e. The first-order chi connectivity index (χ1) is 15.7. The molecular formula is C25H41N3O6. The molecule has 1 aliphatic carbocycles. The van der Waals surface area contributed by atoms with Gasteiger partial charge in [0.25, 0.3) is 0 Å². The fourth-order valence-corrected chi connectivity index (χ4v) is 6.01. The Kier molecular flexibility index (Phi) is 6.32. The van der Waals surface area contributed by atoms with Crippen molar-refractivity contribution in [3.8, 4) is 0 Å². The second kappa shape index (κ2) is 8.57. The van der Waals surface area contributed by atoms with Crippen molar-refractivity contribution in [2.45, 2.75) is 103 Å². The average molecular weight is 480 g/mol. The van der Waals surface area contributed by atoms with Crippen LogP contribution in [0.1, 0.15) is 73.6 Å². The summed E-state index contributed by atoms with van der Waals surface area (Å²) >= 11 is 0. The Labute approximate surface area is 202 Å². The van der Waals surface area contributed by atoms with E-state index in [1.807, 2.05) is 46.4 Å². The number of nitrogens with zero attached hydrogens (tertiary/aromatic N) is 3. The van der Waals surface area contributed by atoms with Crippen molar-refractivity contribution in [3.63, 3.8) is 0 Å². The molecule has 1 spiro atoms. The molecule has 4 heterocycles. The van der Waals surface area contributed by atoms with Crippen molar-refractivity contribution in [2.24, 2.45) is 11.3 Å². The number of carbonyl (C=O) groups is 3. The maximum atomic E-state index is 13.7. The van der Waals surface area contributed by atoms with Gasteiger partial charge in [0, 0.05) is 43.6 Å². The summed E-state index contributed by atoms with van der Waals surface area (Å²) in [5.41, 5.74) is -1.13. The first-order valence-corrected chi connectivity index (χ1v) is 12.6. The van der Waals surface area contributed by atoms with Crippen LogP contribution in [-0.4, -0.2) is 93.5 Å². The van der Waals surface area contributed by atoms with Gasteiger partial charge in [-0.05, 0) is 73.6 Å². The van der Waals surface area contributed by atoms with Crippen molar-refractivity contribution in [2.75, 3.05) is 26.2 Å². The summed E-state index contributed by atoms with van der Waals surface area (Å²) in [5.74, 6) is -0.343. The number of carbonyl (C=O) groups excluding carboxylic acids is 3. The molecule has 5 fully saturated rings. The normalized spacial score (nSPS) is 30.7. The van der Waals surface area contributed by atoms with E-state index in [4.69, 9.17) is 9.47 Å².